The van der Waals surface area contributed by atoms with E-state index in [0.29, 0.717) is 62.0 Å². The van der Waals surface area contributed by atoms with Crippen LogP contribution in [0.5, 0.6) is 46.1 Å². The first-order valence-corrected chi connectivity index (χ1v) is 20.0. The second-order valence-electron chi connectivity index (χ2n) is 13.5. The van der Waals surface area contributed by atoms with Crippen LogP contribution >= 0.6 is 11.6 Å². The van der Waals surface area contributed by atoms with E-state index in [2.05, 4.69) is 9.97 Å². The monoisotopic (exact) mass is 882 g/mol. The highest BCUT2D eigenvalue weighted by Gasteiger charge is 2.29. The molecule has 0 aliphatic heterocycles. The number of hydrogen-bond acceptors (Lipinski definition) is 11. The Balaban J connectivity index is 1.46. The number of alkyl halides is 2. The number of hydrogen-bond donors (Lipinski definition) is 0. The van der Waals surface area contributed by atoms with Gasteiger partial charge >= 0.3 is 0 Å². The number of anilines is 2. The van der Waals surface area contributed by atoms with E-state index in [1.54, 1.807) is 123 Å². The van der Waals surface area contributed by atoms with Gasteiger partial charge in [0, 0.05) is 34.1 Å². The van der Waals surface area contributed by atoms with E-state index in [-0.39, 0.29) is 50.1 Å². The maximum absolute atomic E-state index is 15.0. The Labute approximate surface area is 368 Å². The van der Waals surface area contributed by atoms with Crippen molar-refractivity contribution < 1.29 is 51.5 Å². The summed E-state index contributed by atoms with van der Waals surface area (Å²) in [7, 11) is 4.56. The van der Waals surface area contributed by atoms with Crippen LogP contribution in [0.1, 0.15) is 16.7 Å². The van der Waals surface area contributed by atoms with Gasteiger partial charge < -0.3 is 38.1 Å². The van der Waals surface area contributed by atoms with Crippen molar-refractivity contribution in [1.82, 2.24) is 9.97 Å². The molecule has 0 spiro atoms. The van der Waals surface area contributed by atoms with Gasteiger partial charge in [0.05, 0.1) is 53.1 Å². The maximum Gasteiger partial charge on any atom is 0.254 e. The summed E-state index contributed by atoms with van der Waals surface area (Å²) in [4.78, 5) is 41.2. The molecule has 0 radical (unpaired) electrons. The topological polar surface area (TPSA) is 131 Å². The maximum atomic E-state index is 15.0. The minimum Gasteiger partial charge on any atom is -0.497 e. The van der Waals surface area contributed by atoms with Gasteiger partial charge in [-0.05, 0) is 103 Å². The normalized spacial score (nSPS) is 10.8. The van der Waals surface area contributed by atoms with Gasteiger partial charge in [-0.15, -0.1) is 0 Å². The number of ether oxygens (including phenoxy) is 7. The Morgan fingerprint density at radius 2 is 1.17 bits per heavy atom. The van der Waals surface area contributed by atoms with Gasteiger partial charge in [0.25, 0.3) is 5.91 Å². The molecule has 2 amide bonds. The number of benzene rings is 4. The molecule has 328 valence electrons. The summed E-state index contributed by atoms with van der Waals surface area (Å²) in [6.45, 7) is -2.99. The summed E-state index contributed by atoms with van der Waals surface area (Å²) < 4.78 is 66.8. The van der Waals surface area contributed by atoms with E-state index in [9.17, 15) is 18.4 Å². The second-order valence-corrected chi connectivity index (χ2v) is 13.9. The fraction of sp³-hybridized carbons (Fsp3) is 0.234. The van der Waals surface area contributed by atoms with Gasteiger partial charge in [-0.2, -0.15) is 0 Å². The lowest BCUT2D eigenvalue weighted by atomic mass is 10.1. The summed E-state index contributed by atoms with van der Waals surface area (Å²) in [5, 5.41) is 0.517. The molecule has 16 heteroatoms. The Morgan fingerprint density at radius 1 is 0.603 bits per heavy atom. The zero-order valence-corrected chi connectivity index (χ0v) is 35.6. The van der Waals surface area contributed by atoms with Crippen LogP contribution in [0.4, 0.5) is 20.3 Å². The van der Waals surface area contributed by atoms with Crippen LogP contribution in [-0.4, -0.2) is 76.3 Å². The summed E-state index contributed by atoms with van der Waals surface area (Å²) in [5.74, 6) is 2.32. The summed E-state index contributed by atoms with van der Waals surface area (Å²) in [5.41, 5.74) is 1.59. The standard InChI is InChI=1S/C47H45ClF2N4O9/c1-57-36-12-14-37(15-13-36)62-43-19-17-40(59-3)27-34(43)30-54(45(56)31-60-24-20-49)46-41(7-5-22-51-46)53(29-33-26-39(58-2)16-18-42(33)61-25-21-50)44(55)28-32-6-4-23-52-47(32)63-38-10-8-35(48)9-11-38/h4-19,22-23,26-27H,20-21,24-25,28-31H2,1-3H3. The molecule has 6 aromatic rings. The molecule has 13 nitrogen and oxygen atoms in total. The van der Waals surface area contributed by atoms with Crippen molar-refractivity contribution in [3.63, 3.8) is 0 Å². The number of pyridine rings is 2. The molecule has 2 heterocycles. The second kappa shape index (κ2) is 22.8. The van der Waals surface area contributed by atoms with E-state index < -0.39 is 31.8 Å². The first kappa shape index (κ1) is 45.6. The first-order chi connectivity index (χ1) is 30.7. The Morgan fingerprint density at radius 3 is 1.86 bits per heavy atom. The Bertz CT molecular complexity index is 2440. The minimum atomic E-state index is -0.814. The smallest absolute Gasteiger partial charge is 0.254 e. The molecule has 0 atom stereocenters. The highest BCUT2D eigenvalue weighted by Crippen LogP contribution is 2.37. The third-order valence-electron chi connectivity index (χ3n) is 9.40. The van der Waals surface area contributed by atoms with Gasteiger partial charge in [0.15, 0.2) is 5.82 Å². The molecular weight excluding hydrogens is 838 g/mol. The van der Waals surface area contributed by atoms with Crippen LogP contribution in [-0.2, 0) is 33.8 Å². The van der Waals surface area contributed by atoms with E-state index in [1.807, 2.05) is 0 Å². The van der Waals surface area contributed by atoms with Crippen molar-refractivity contribution in [2.45, 2.75) is 19.5 Å². The molecule has 2 aromatic heterocycles. The van der Waals surface area contributed by atoms with Gasteiger partial charge in [0.1, 0.15) is 66.8 Å². The molecular formula is C47H45ClF2N4O9. The number of halogens is 3. The number of aromatic nitrogens is 2. The van der Waals surface area contributed by atoms with Crippen LogP contribution in [0, 0.1) is 0 Å². The van der Waals surface area contributed by atoms with Crippen molar-refractivity contribution in [2.24, 2.45) is 0 Å². The third-order valence-corrected chi connectivity index (χ3v) is 9.65. The van der Waals surface area contributed by atoms with Crippen LogP contribution in [0.2, 0.25) is 5.02 Å². The Kier molecular flexibility index (Phi) is 16.5. The van der Waals surface area contributed by atoms with Crippen LogP contribution in [0.15, 0.2) is 122 Å². The SMILES string of the molecule is COc1ccc(Oc2ccc(OC)cc2CN(C(=O)COCCF)c2ncccc2N(Cc2cc(OC)ccc2OCCF)C(=O)Cc2cccnc2Oc2ccc(Cl)cc2)cc1. The molecule has 0 bridgehead atoms. The molecule has 0 saturated carbocycles. The number of methoxy groups -OCH3 is 3. The molecule has 4 aromatic carbocycles. The van der Waals surface area contributed by atoms with Crippen molar-refractivity contribution >= 4 is 34.9 Å². The average molecular weight is 883 g/mol. The number of amides is 2. The molecule has 0 fully saturated rings. The van der Waals surface area contributed by atoms with E-state index in [1.165, 1.54) is 30.2 Å². The molecule has 0 aliphatic carbocycles. The number of nitrogens with zero attached hydrogens (tertiary/aromatic N) is 4. The fourth-order valence-corrected chi connectivity index (χ4v) is 6.45. The van der Waals surface area contributed by atoms with Gasteiger partial charge in [-0.3, -0.25) is 14.5 Å². The van der Waals surface area contributed by atoms with Gasteiger partial charge in [-0.25, -0.2) is 18.7 Å². The van der Waals surface area contributed by atoms with E-state index >= 15 is 0 Å². The van der Waals surface area contributed by atoms with Crippen LogP contribution < -0.4 is 38.2 Å². The van der Waals surface area contributed by atoms with Crippen molar-refractivity contribution in [2.75, 3.05) is 64.3 Å². The predicted octanol–water partition coefficient (Wildman–Crippen LogP) is 9.38. The lowest BCUT2D eigenvalue weighted by molar-refractivity contribution is -0.123. The summed E-state index contributed by atoms with van der Waals surface area (Å²) in [6.07, 6.45) is 2.78. The molecule has 0 aliphatic rings. The molecule has 6 rings (SSSR count). The molecule has 63 heavy (non-hydrogen) atoms. The summed E-state index contributed by atoms with van der Waals surface area (Å²) in [6, 6.07) is 30.4. The van der Waals surface area contributed by atoms with Crippen molar-refractivity contribution in [3.05, 3.63) is 143 Å². The van der Waals surface area contributed by atoms with Gasteiger partial charge in [-0.1, -0.05) is 17.7 Å². The molecule has 0 unspecified atom stereocenters. The zero-order chi connectivity index (χ0) is 44.6. The fourth-order valence-electron chi connectivity index (χ4n) is 6.32. The zero-order valence-electron chi connectivity index (χ0n) is 34.8. The van der Waals surface area contributed by atoms with Crippen LogP contribution in [0.25, 0.3) is 0 Å². The largest absolute Gasteiger partial charge is 0.497 e. The van der Waals surface area contributed by atoms with E-state index in [0.717, 1.165) is 0 Å². The average Bonchev–Trinajstić information content (AvgIpc) is 3.31. The number of carbonyl (C=O) groups is 2. The number of rotatable bonds is 22. The summed E-state index contributed by atoms with van der Waals surface area (Å²) >= 11 is 6.10. The van der Waals surface area contributed by atoms with E-state index in [4.69, 9.17) is 44.8 Å². The molecule has 0 saturated heterocycles. The number of carbonyl (C=O) groups excluding carboxylic acids is 2. The Hall–Kier alpha value is -6.97. The lowest BCUT2D eigenvalue weighted by Gasteiger charge is -2.30. The lowest BCUT2D eigenvalue weighted by Crippen LogP contribution is -2.38. The van der Waals surface area contributed by atoms with Crippen molar-refractivity contribution in [3.8, 4) is 46.1 Å². The van der Waals surface area contributed by atoms with Crippen LogP contribution in [0.3, 0.4) is 0 Å². The third kappa shape index (κ3) is 12.3. The predicted molar refractivity (Wildman–Crippen MR) is 233 cm³/mol. The quantitative estimate of drug-likeness (QED) is 0.0605. The first-order valence-electron chi connectivity index (χ1n) is 19.6. The highest BCUT2D eigenvalue weighted by atomic mass is 35.5. The molecule has 0 N–H and O–H groups in total. The highest BCUT2D eigenvalue weighted by molar-refractivity contribution is 6.30. The van der Waals surface area contributed by atoms with Crippen molar-refractivity contribution in [1.29, 1.82) is 0 Å². The minimum absolute atomic E-state index is 0.0517. The van der Waals surface area contributed by atoms with Gasteiger partial charge in [0.2, 0.25) is 11.8 Å².